The molecular formula is C17H27NO2. The van der Waals surface area contributed by atoms with Crippen LogP contribution in [0.2, 0.25) is 0 Å². The quantitative estimate of drug-likeness (QED) is 0.726. The van der Waals surface area contributed by atoms with Crippen molar-refractivity contribution in [3.63, 3.8) is 0 Å². The molecule has 1 atom stereocenters. The molecule has 0 radical (unpaired) electrons. The van der Waals surface area contributed by atoms with Crippen LogP contribution >= 0.6 is 0 Å². The molecular weight excluding hydrogens is 250 g/mol. The fourth-order valence-electron chi connectivity index (χ4n) is 1.89. The number of methoxy groups -OCH3 is 1. The zero-order valence-corrected chi connectivity index (χ0v) is 13.3. The summed E-state index contributed by atoms with van der Waals surface area (Å²) >= 11 is 0. The van der Waals surface area contributed by atoms with Gasteiger partial charge in [0.15, 0.2) is 0 Å². The second-order valence-electron chi connectivity index (χ2n) is 5.17. The Morgan fingerprint density at radius 2 is 2.10 bits per heavy atom. The Kier molecular flexibility index (Phi) is 7.16. The van der Waals surface area contributed by atoms with Crippen molar-refractivity contribution in [3.8, 4) is 11.5 Å². The predicted octanol–water partition coefficient (Wildman–Crippen LogP) is 4.10. The van der Waals surface area contributed by atoms with Crippen molar-refractivity contribution in [2.45, 2.75) is 40.2 Å². The molecule has 0 fully saturated rings. The Morgan fingerprint density at radius 1 is 1.35 bits per heavy atom. The van der Waals surface area contributed by atoms with E-state index in [1.54, 1.807) is 7.11 Å². The van der Waals surface area contributed by atoms with Crippen LogP contribution in [-0.4, -0.2) is 20.3 Å². The van der Waals surface area contributed by atoms with Crippen LogP contribution in [0.5, 0.6) is 11.5 Å². The topological polar surface area (TPSA) is 30.5 Å². The molecule has 0 aliphatic rings. The molecule has 1 unspecified atom stereocenters. The van der Waals surface area contributed by atoms with Crippen molar-refractivity contribution in [3.05, 3.63) is 35.4 Å². The van der Waals surface area contributed by atoms with E-state index in [0.717, 1.165) is 24.5 Å². The molecule has 3 heteroatoms. The number of hydrogen-bond donors (Lipinski definition) is 1. The lowest BCUT2D eigenvalue weighted by Gasteiger charge is -2.18. The highest BCUT2D eigenvalue weighted by Gasteiger charge is 2.12. The third-order valence-electron chi connectivity index (χ3n) is 3.12. The van der Waals surface area contributed by atoms with E-state index in [2.05, 4.69) is 45.2 Å². The number of nitrogens with one attached hydrogen (secondary N) is 1. The Morgan fingerprint density at radius 3 is 2.70 bits per heavy atom. The first-order valence-corrected chi connectivity index (χ1v) is 7.26. The first-order valence-electron chi connectivity index (χ1n) is 7.26. The third-order valence-corrected chi connectivity index (χ3v) is 3.12. The summed E-state index contributed by atoms with van der Waals surface area (Å²) in [5.41, 5.74) is 2.42. The Balaban J connectivity index is 2.88. The van der Waals surface area contributed by atoms with Crippen LogP contribution in [0.1, 0.15) is 45.7 Å². The zero-order chi connectivity index (χ0) is 15.0. The van der Waals surface area contributed by atoms with Crippen molar-refractivity contribution in [1.29, 1.82) is 0 Å². The standard InChI is InChI=1S/C17H27NO2/c1-6-10-18-14(4)16-8-7-15(19-5)12-17(16)20-11-9-13(2)3/h7-9,12,14,18H,6,10-11H2,1-5H3. The molecule has 0 spiro atoms. The van der Waals surface area contributed by atoms with Crippen LogP contribution in [0, 0.1) is 0 Å². The van der Waals surface area contributed by atoms with E-state index in [4.69, 9.17) is 9.47 Å². The van der Waals surface area contributed by atoms with Gasteiger partial charge in [0, 0.05) is 17.7 Å². The molecule has 1 aromatic rings. The van der Waals surface area contributed by atoms with Gasteiger partial charge in [0.2, 0.25) is 0 Å². The molecule has 1 N–H and O–H groups in total. The van der Waals surface area contributed by atoms with Gasteiger partial charge < -0.3 is 14.8 Å². The number of ether oxygens (including phenoxy) is 2. The lowest BCUT2D eigenvalue weighted by molar-refractivity contribution is 0.347. The molecule has 0 heterocycles. The highest BCUT2D eigenvalue weighted by atomic mass is 16.5. The maximum Gasteiger partial charge on any atom is 0.128 e. The fourth-order valence-corrected chi connectivity index (χ4v) is 1.89. The van der Waals surface area contributed by atoms with Crippen LogP contribution in [0.4, 0.5) is 0 Å². The van der Waals surface area contributed by atoms with Gasteiger partial charge in [0.25, 0.3) is 0 Å². The first kappa shape index (κ1) is 16.6. The van der Waals surface area contributed by atoms with E-state index in [1.165, 1.54) is 11.1 Å². The van der Waals surface area contributed by atoms with Crippen molar-refractivity contribution < 1.29 is 9.47 Å². The first-order chi connectivity index (χ1) is 9.58. The summed E-state index contributed by atoms with van der Waals surface area (Å²) in [7, 11) is 1.67. The van der Waals surface area contributed by atoms with Gasteiger partial charge in [0.05, 0.1) is 7.11 Å². The van der Waals surface area contributed by atoms with Crippen LogP contribution in [0.15, 0.2) is 29.8 Å². The van der Waals surface area contributed by atoms with Gasteiger partial charge in [-0.3, -0.25) is 0 Å². The average molecular weight is 277 g/mol. The van der Waals surface area contributed by atoms with Crippen LogP contribution in [0.3, 0.4) is 0 Å². The Bertz CT molecular complexity index is 437. The highest BCUT2D eigenvalue weighted by Crippen LogP contribution is 2.29. The minimum Gasteiger partial charge on any atom is -0.497 e. The van der Waals surface area contributed by atoms with Gasteiger partial charge in [-0.25, -0.2) is 0 Å². The normalized spacial score (nSPS) is 11.8. The molecule has 1 aromatic carbocycles. The minimum atomic E-state index is 0.266. The SMILES string of the molecule is CCCNC(C)c1ccc(OC)cc1OCC=C(C)C. The maximum absolute atomic E-state index is 5.90. The van der Waals surface area contributed by atoms with Crippen LogP contribution in [-0.2, 0) is 0 Å². The monoisotopic (exact) mass is 277 g/mol. The molecule has 112 valence electrons. The van der Waals surface area contributed by atoms with E-state index in [1.807, 2.05) is 12.1 Å². The largest absolute Gasteiger partial charge is 0.497 e. The smallest absolute Gasteiger partial charge is 0.128 e. The fraction of sp³-hybridized carbons (Fsp3) is 0.529. The second kappa shape index (κ2) is 8.64. The molecule has 0 aromatic heterocycles. The van der Waals surface area contributed by atoms with Crippen molar-refractivity contribution in [2.24, 2.45) is 0 Å². The van der Waals surface area contributed by atoms with Crippen LogP contribution in [0.25, 0.3) is 0 Å². The molecule has 3 nitrogen and oxygen atoms in total. The molecule has 0 aliphatic heterocycles. The van der Waals surface area contributed by atoms with Gasteiger partial charge >= 0.3 is 0 Å². The van der Waals surface area contributed by atoms with Gasteiger partial charge in [0.1, 0.15) is 18.1 Å². The molecule has 0 amide bonds. The summed E-state index contributed by atoms with van der Waals surface area (Å²) in [6.45, 7) is 10.1. The lowest BCUT2D eigenvalue weighted by Crippen LogP contribution is -2.20. The third kappa shape index (κ3) is 5.25. The summed E-state index contributed by atoms with van der Waals surface area (Å²) in [5.74, 6) is 1.71. The zero-order valence-electron chi connectivity index (χ0n) is 13.3. The second-order valence-corrected chi connectivity index (χ2v) is 5.17. The van der Waals surface area contributed by atoms with Crippen molar-refractivity contribution in [1.82, 2.24) is 5.32 Å². The van der Waals surface area contributed by atoms with E-state index in [0.29, 0.717) is 6.61 Å². The molecule has 1 rings (SSSR count). The van der Waals surface area contributed by atoms with Crippen molar-refractivity contribution in [2.75, 3.05) is 20.3 Å². The number of hydrogen-bond acceptors (Lipinski definition) is 3. The van der Waals surface area contributed by atoms with Gasteiger partial charge in [-0.2, -0.15) is 0 Å². The van der Waals surface area contributed by atoms with E-state index >= 15 is 0 Å². The number of benzene rings is 1. The van der Waals surface area contributed by atoms with Gasteiger partial charge in [-0.05, 0) is 45.9 Å². The van der Waals surface area contributed by atoms with Crippen molar-refractivity contribution >= 4 is 0 Å². The average Bonchev–Trinajstić information content (AvgIpc) is 2.44. The molecule has 0 bridgehead atoms. The Labute approximate surface area is 123 Å². The lowest BCUT2D eigenvalue weighted by atomic mass is 10.1. The highest BCUT2D eigenvalue weighted by molar-refractivity contribution is 5.42. The Hall–Kier alpha value is -1.48. The predicted molar refractivity (Wildman–Crippen MR) is 84.6 cm³/mol. The minimum absolute atomic E-state index is 0.266. The molecule has 0 aliphatic carbocycles. The molecule has 0 saturated carbocycles. The summed E-state index contributed by atoms with van der Waals surface area (Å²) < 4.78 is 11.2. The number of allylic oxidation sites excluding steroid dienone is 1. The molecule has 20 heavy (non-hydrogen) atoms. The van der Waals surface area contributed by atoms with E-state index in [9.17, 15) is 0 Å². The number of rotatable bonds is 8. The van der Waals surface area contributed by atoms with Gasteiger partial charge in [-0.15, -0.1) is 0 Å². The van der Waals surface area contributed by atoms with E-state index in [-0.39, 0.29) is 6.04 Å². The summed E-state index contributed by atoms with van der Waals surface area (Å²) in [6, 6.07) is 6.28. The molecule has 0 saturated heterocycles. The van der Waals surface area contributed by atoms with E-state index < -0.39 is 0 Å². The summed E-state index contributed by atoms with van der Waals surface area (Å²) in [5, 5.41) is 3.49. The summed E-state index contributed by atoms with van der Waals surface area (Å²) in [4.78, 5) is 0. The summed E-state index contributed by atoms with van der Waals surface area (Å²) in [6.07, 6.45) is 3.20. The van der Waals surface area contributed by atoms with Gasteiger partial charge in [-0.1, -0.05) is 18.6 Å². The maximum atomic E-state index is 5.90. The van der Waals surface area contributed by atoms with Crippen LogP contribution < -0.4 is 14.8 Å².